The molecular weight excluding hydrogens is 330 g/mol. The zero-order valence-electron chi connectivity index (χ0n) is 15.4. The molecule has 0 saturated carbocycles. The summed E-state index contributed by atoms with van der Waals surface area (Å²) in [6.07, 6.45) is 1.83. The molecule has 0 aromatic heterocycles. The van der Waals surface area contributed by atoms with Crippen LogP contribution in [0.15, 0.2) is 60.7 Å². The van der Waals surface area contributed by atoms with Crippen LogP contribution in [0.3, 0.4) is 0 Å². The Morgan fingerprint density at radius 2 is 1.24 bits per heavy atom. The Morgan fingerprint density at radius 3 is 1.60 bits per heavy atom. The predicted octanol–water partition coefficient (Wildman–Crippen LogP) is 5.30. The van der Waals surface area contributed by atoms with Crippen LogP contribution >= 0.6 is 12.4 Å². The van der Waals surface area contributed by atoms with Crippen molar-refractivity contribution in [3.63, 3.8) is 0 Å². The minimum Gasteiger partial charge on any atom is -0.389 e. The van der Waals surface area contributed by atoms with Crippen molar-refractivity contribution >= 4 is 12.4 Å². The SMILES string of the molecule is CCCC1(O)C(C)C(c2ccccc2)NC(c2ccccc2)C1C.Cl. The van der Waals surface area contributed by atoms with Crippen LogP contribution in [0.1, 0.15) is 56.8 Å². The zero-order valence-corrected chi connectivity index (χ0v) is 16.2. The molecule has 1 aliphatic heterocycles. The number of nitrogens with one attached hydrogen (secondary N) is 1. The fraction of sp³-hybridized carbons (Fsp3) is 0.455. The third-order valence-corrected chi connectivity index (χ3v) is 5.90. The summed E-state index contributed by atoms with van der Waals surface area (Å²) in [5, 5.41) is 15.5. The van der Waals surface area contributed by atoms with E-state index >= 15 is 0 Å². The van der Waals surface area contributed by atoms with Crippen molar-refractivity contribution in [3.05, 3.63) is 71.8 Å². The average molecular weight is 360 g/mol. The molecule has 2 aromatic rings. The second-order valence-corrected chi connectivity index (χ2v) is 7.26. The highest BCUT2D eigenvalue weighted by Gasteiger charge is 2.50. The monoisotopic (exact) mass is 359 g/mol. The Labute approximate surface area is 158 Å². The second kappa shape index (κ2) is 8.35. The van der Waals surface area contributed by atoms with Crippen LogP contribution in [0.25, 0.3) is 0 Å². The maximum absolute atomic E-state index is 11.6. The number of aliphatic hydroxyl groups is 1. The zero-order chi connectivity index (χ0) is 17.2. The van der Waals surface area contributed by atoms with Gasteiger partial charge in [0.1, 0.15) is 0 Å². The van der Waals surface area contributed by atoms with Crippen molar-refractivity contribution in [1.29, 1.82) is 0 Å². The Morgan fingerprint density at radius 1 is 0.840 bits per heavy atom. The van der Waals surface area contributed by atoms with Gasteiger partial charge in [-0.05, 0) is 17.5 Å². The van der Waals surface area contributed by atoms with E-state index in [9.17, 15) is 5.11 Å². The van der Waals surface area contributed by atoms with E-state index in [4.69, 9.17) is 0 Å². The lowest BCUT2D eigenvalue weighted by Gasteiger charge is -2.52. The maximum Gasteiger partial charge on any atom is 0.0734 e. The number of halogens is 1. The summed E-state index contributed by atoms with van der Waals surface area (Å²) in [6, 6.07) is 21.4. The Bertz CT molecular complexity index is 594. The molecule has 136 valence electrons. The molecule has 0 radical (unpaired) electrons. The second-order valence-electron chi connectivity index (χ2n) is 7.26. The third kappa shape index (κ3) is 3.76. The van der Waals surface area contributed by atoms with E-state index in [1.54, 1.807) is 0 Å². The quantitative estimate of drug-likeness (QED) is 0.776. The molecule has 25 heavy (non-hydrogen) atoms. The van der Waals surface area contributed by atoms with Crippen molar-refractivity contribution in [3.8, 4) is 0 Å². The lowest BCUT2D eigenvalue weighted by molar-refractivity contribution is -0.116. The van der Waals surface area contributed by atoms with Gasteiger partial charge in [0.15, 0.2) is 0 Å². The van der Waals surface area contributed by atoms with Gasteiger partial charge in [-0.25, -0.2) is 0 Å². The van der Waals surface area contributed by atoms with Crippen LogP contribution in [0.4, 0.5) is 0 Å². The molecule has 0 bridgehead atoms. The van der Waals surface area contributed by atoms with Crippen LogP contribution in [-0.4, -0.2) is 10.7 Å². The molecule has 2 N–H and O–H groups in total. The number of hydrogen-bond donors (Lipinski definition) is 2. The highest BCUT2D eigenvalue weighted by Crippen LogP contribution is 2.48. The average Bonchev–Trinajstić information content (AvgIpc) is 2.62. The van der Waals surface area contributed by atoms with Gasteiger partial charge in [0.05, 0.1) is 5.60 Å². The van der Waals surface area contributed by atoms with E-state index in [0.717, 1.165) is 12.8 Å². The number of rotatable bonds is 4. The summed E-state index contributed by atoms with van der Waals surface area (Å²) in [4.78, 5) is 0. The van der Waals surface area contributed by atoms with Crippen molar-refractivity contribution in [1.82, 2.24) is 5.32 Å². The van der Waals surface area contributed by atoms with Crippen molar-refractivity contribution in [2.45, 2.75) is 51.3 Å². The van der Waals surface area contributed by atoms with Crippen LogP contribution in [0.2, 0.25) is 0 Å². The molecule has 0 spiro atoms. The van der Waals surface area contributed by atoms with Gasteiger partial charge in [-0.2, -0.15) is 0 Å². The highest BCUT2D eigenvalue weighted by atomic mass is 35.5. The van der Waals surface area contributed by atoms with Gasteiger partial charge in [0, 0.05) is 23.9 Å². The van der Waals surface area contributed by atoms with Crippen LogP contribution in [0, 0.1) is 11.8 Å². The van der Waals surface area contributed by atoms with Gasteiger partial charge < -0.3 is 10.4 Å². The molecule has 2 aromatic carbocycles. The molecule has 1 saturated heterocycles. The lowest BCUT2D eigenvalue weighted by atomic mass is 9.64. The summed E-state index contributed by atoms with van der Waals surface area (Å²) < 4.78 is 0. The van der Waals surface area contributed by atoms with Crippen LogP contribution in [0.5, 0.6) is 0 Å². The highest BCUT2D eigenvalue weighted by molar-refractivity contribution is 5.85. The summed E-state index contributed by atoms with van der Waals surface area (Å²) >= 11 is 0. The first kappa shape index (κ1) is 20.0. The molecule has 3 heteroatoms. The van der Waals surface area contributed by atoms with Crippen molar-refractivity contribution in [2.75, 3.05) is 0 Å². The van der Waals surface area contributed by atoms with Gasteiger partial charge in [-0.3, -0.25) is 0 Å². The lowest BCUT2D eigenvalue weighted by Crippen LogP contribution is -2.57. The van der Waals surface area contributed by atoms with Gasteiger partial charge in [-0.15, -0.1) is 12.4 Å². The summed E-state index contributed by atoms with van der Waals surface area (Å²) in [6.45, 7) is 6.55. The summed E-state index contributed by atoms with van der Waals surface area (Å²) in [7, 11) is 0. The van der Waals surface area contributed by atoms with Crippen LogP contribution in [-0.2, 0) is 0 Å². The first-order valence-corrected chi connectivity index (χ1v) is 9.16. The molecule has 0 amide bonds. The third-order valence-electron chi connectivity index (χ3n) is 5.90. The predicted molar refractivity (Wildman–Crippen MR) is 107 cm³/mol. The summed E-state index contributed by atoms with van der Waals surface area (Å²) in [5.41, 5.74) is 1.85. The van der Waals surface area contributed by atoms with E-state index in [0.29, 0.717) is 0 Å². The molecule has 1 heterocycles. The Kier molecular flexibility index (Phi) is 6.67. The molecular formula is C22H30ClNO. The van der Waals surface area contributed by atoms with Gasteiger partial charge in [0.2, 0.25) is 0 Å². The summed E-state index contributed by atoms with van der Waals surface area (Å²) in [5.74, 6) is 0.324. The molecule has 3 rings (SSSR count). The molecule has 1 fully saturated rings. The molecule has 4 atom stereocenters. The molecule has 1 aliphatic rings. The number of benzene rings is 2. The van der Waals surface area contributed by atoms with Crippen LogP contribution < -0.4 is 5.32 Å². The standard InChI is InChI=1S/C22H29NO.ClH/c1-4-15-22(24)16(2)20(18-11-7-5-8-12-18)23-21(17(22)3)19-13-9-6-10-14-19;/h5-14,16-17,20-21,23-24H,4,15H2,1-3H3;1H. The van der Waals surface area contributed by atoms with Gasteiger partial charge in [-0.1, -0.05) is 87.9 Å². The largest absolute Gasteiger partial charge is 0.389 e. The molecule has 2 nitrogen and oxygen atoms in total. The van der Waals surface area contributed by atoms with E-state index in [-0.39, 0.29) is 36.3 Å². The Balaban J connectivity index is 0.00000225. The van der Waals surface area contributed by atoms with E-state index < -0.39 is 5.60 Å². The molecule has 0 aliphatic carbocycles. The van der Waals surface area contributed by atoms with Gasteiger partial charge >= 0.3 is 0 Å². The minimum absolute atomic E-state index is 0. The normalized spacial score (nSPS) is 32.0. The molecule has 4 unspecified atom stereocenters. The van der Waals surface area contributed by atoms with Crippen molar-refractivity contribution < 1.29 is 5.11 Å². The topological polar surface area (TPSA) is 32.3 Å². The fourth-order valence-corrected chi connectivity index (χ4v) is 4.42. The van der Waals surface area contributed by atoms with Crippen molar-refractivity contribution in [2.24, 2.45) is 11.8 Å². The van der Waals surface area contributed by atoms with E-state index in [1.165, 1.54) is 11.1 Å². The van der Waals surface area contributed by atoms with Gasteiger partial charge in [0.25, 0.3) is 0 Å². The fourth-order valence-electron chi connectivity index (χ4n) is 4.42. The maximum atomic E-state index is 11.6. The smallest absolute Gasteiger partial charge is 0.0734 e. The Hall–Kier alpha value is -1.35. The van der Waals surface area contributed by atoms with E-state index in [2.05, 4.69) is 74.6 Å². The number of piperidine rings is 1. The first-order valence-electron chi connectivity index (χ1n) is 9.16. The number of hydrogen-bond acceptors (Lipinski definition) is 2. The first-order chi connectivity index (χ1) is 11.6. The van der Waals surface area contributed by atoms with E-state index in [1.807, 2.05) is 12.1 Å². The minimum atomic E-state index is -0.666.